The Kier molecular flexibility index (Phi) is 5.12. The minimum Gasteiger partial charge on any atom is -0.341 e. The van der Waals surface area contributed by atoms with E-state index >= 15 is 0 Å². The summed E-state index contributed by atoms with van der Waals surface area (Å²) in [5, 5.41) is 9.79. The minimum absolute atomic E-state index is 0.0180. The second kappa shape index (κ2) is 8.33. The summed E-state index contributed by atoms with van der Waals surface area (Å²) in [7, 11) is 1.92. The number of hydrogen-bond acceptors (Lipinski definition) is 6. The number of rotatable bonds is 4. The molecule has 9 nitrogen and oxygen atoms in total. The summed E-state index contributed by atoms with van der Waals surface area (Å²) < 4.78 is 7.48. The maximum absolute atomic E-state index is 12.9. The Hall–Kier alpha value is -4.01. The van der Waals surface area contributed by atoms with Crippen molar-refractivity contribution in [1.29, 1.82) is 0 Å². The van der Waals surface area contributed by atoms with Gasteiger partial charge in [0.15, 0.2) is 0 Å². The van der Waals surface area contributed by atoms with Crippen LogP contribution in [0.15, 0.2) is 47.0 Å². The van der Waals surface area contributed by atoms with Gasteiger partial charge < -0.3 is 14.3 Å². The highest BCUT2D eigenvalue weighted by atomic mass is 16.5. The van der Waals surface area contributed by atoms with Crippen LogP contribution in [-0.4, -0.2) is 61.2 Å². The van der Waals surface area contributed by atoms with Gasteiger partial charge in [0.1, 0.15) is 6.54 Å². The Morgan fingerprint density at radius 1 is 1.14 bits per heavy atom. The molecule has 4 aromatic rings. The van der Waals surface area contributed by atoms with Crippen LogP contribution in [0.1, 0.15) is 46.3 Å². The molecule has 0 aliphatic carbocycles. The first-order valence-electron chi connectivity index (χ1n) is 11.9. The average molecular weight is 471 g/mol. The van der Waals surface area contributed by atoms with Gasteiger partial charge in [0.05, 0.1) is 11.2 Å². The fourth-order valence-electron chi connectivity index (χ4n) is 5.18. The molecule has 4 heterocycles. The van der Waals surface area contributed by atoms with Crippen molar-refractivity contribution in [2.45, 2.75) is 32.2 Å². The fourth-order valence-corrected chi connectivity index (χ4v) is 5.18. The van der Waals surface area contributed by atoms with Crippen LogP contribution in [0.4, 0.5) is 0 Å². The smallest absolute Gasteiger partial charge is 0.254 e. The van der Waals surface area contributed by atoms with Crippen molar-refractivity contribution in [2.75, 3.05) is 19.6 Å². The standard InChI is InChI=1S/C26H26N6O3/c1-16-20-8-7-18(13-22(20)30(2)28-16)24-27-25(35-29-24)17-9-11-31(12-10-17)23(33)15-32-14-19-5-3-4-6-21(19)26(32)34/h3-8,13,17H,9-12,14-15H2,1-2H3. The third-order valence-corrected chi connectivity index (χ3v) is 7.16. The molecular weight excluding hydrogens is 444 g/mol. The molecular formula is C26H26N6O3. The molecule has 0 saturated carbocycles. The summed E-state index contributed by atoms with van der Waals surface area (Å²) in [5.74, 6) is 1.20. The Labute approximate surface area is 202 Å². The number of amides is 2. The van der Waals surface area contributed by atoms with Crippen molar-refractivity contribution < 1.29 is 14.1 Å². The first kappa shape index (κ1) is 21.5. The van der Waals surface area contributed by atoms with E-state index in [9.17, 15) is 9.59 Å². The Morgan fingerprint density at radius 2 is 1.94 bits per heavy atom. The van der Waals surface area contributed by atoms with Gasteiger partial charge in [-0.3, -0.25) is 14.3 Å². The summed E-state index contributed by atoms with van der Waals surface area (Å²) in [4.78, 5) is 33.6. The van der Waals surface area contributed by atoms with Gasteiger partial charge in [-0.1, -0.05) is 35.5 Å². The zero-order chi connectivity index (χ0) is 24.1. The molecule has 0 atom stereocenters. The van der Waals surface area contributed by atoms with Gasteiger partial charge >= 0.3 is 0 Å². The summed E-state index contributed by atoms with van der Waals surface area (Å²) in [6.07, 6.45) is 1.50. The van der Waals surface area contributed by atoms with Crippen molar-refractivity contribution in [3.8, 4) is 11.4 Å². The Bertz CT molecular complexity index is 1450. The summed E-state index contributed by atoms with van der Waals surface area (Å²) in [6.45, 7) is 3.81. The molecule has 2 aliphatic rings. The lowest BCUT2D eigenvalue weighted by molar-refractivity contribution is -0.133. The van der Waals surface area contributed by atoms with Crippen LogP contribution in [0.2, 0.25) is 0 Å². The van der Waals surface area contributed by atoms with Gasteiger partial charge in [-0.15, -0.1) is 0 Å². The SMILES string of the molecule is Cc1nn(C)c2cc(-c3noc(C4CCN(C(=O)CN5Cc6ccccc6C5=O)CC4)n3)ccc12. The molecule has 0 spiro atoms. The molecule has 0 N–H and O–H groups in total. The van der Waals surface area contributed by atoms with Crippen molar-refractivity contribution in [3.05, 3.63) is 65.2 Å². The Balaban J connectivity index is 1.08. The van der Waals surface area contributed by atoms with E-state index in [1.165, 1.54) is 0 Å². The van der Waals surface area contributed by atoms with Crippen molar-refractivity contribution in [2.24, 2.45) is 7.05 Å². The van der Waals surface area contributed by atoms with Gasteiger partial charge in [0.25, 0.3) is 5.91 Å². The van der Waals surface area contributed by atoms with Gasteiger partial charge in [0, 0.05) is 49.1 Å². The van der Waals surface area contributed by atoms with E-state index in [0.29, 0.717) is 36.9 Å². The molecule has 1 fully saturated rings. The number of carbonyl (C=O) groups excluding carboxylic acids is 2. The maximum Gasteiger partial charge on any atom is 0.254 e. The molecule has 2 aromatic carbocycles. The van der Waals surface area contributed by atoms with E-state index in [-0.39, 0.29) is 24.3 Å². The van der Waals surface area contributed by atoms with Crippen molar-refractivity contribution in [3.63, 3.8) is 0 Å². The van der Waals surface area contributed by atoms with Gasteiger partial charge in [-0.2, -0.15) is 10.1 Å². The van der Waals surface area contributed by atoms with Crippen molar-refractivity contribution >= 4 is 22.7 Å². The molecule has 1 saturated heterocycles. The zero-order valence-corrected chi connectivity index (χ0v) is 19.8. The first-order chi connectivity index (χ1) is 17.0. The average Bonchev–Trinajstić information content (AvgIpc) is 3.56. The van der Waals surface area contributed by atoms with Crippen LogP contribution < -0.4 is 0 Å². The Morgan fingerprint density at radius 3 is 2.74 bits per heavy atom. The number of likely N-dealkylation sites (tertiary alicyclic amines) is 1. The second-order valence-corrected chi connectivity index (χ2v) is 9.37. The van der Waals surface area contributed by atoms with Crippen LogP contribution in [0, 0.1) is 6.92 Å². The molecule has 35 heavy (non-hydrogen) atoms. The van der Waals surface area contributed by atoms with E-state index in [0.717, 1.165) is 40.6 Å². The molecule has 6 rings (SSSR count). The van der Waals surface area contributed by atoms with Crippen LogP contribution >= 0.6 is 0 Å². The van der Waals surface area contributed by atoms with E-state index in [1.54, 1.807) is 4.90 Å². The fraction of sp³-hybridized carbons (Fsp3) is 0.346. The van der Waals surface area contributed by atoms with E-state index in [4.69, 9.17) is 4.52 Å². The normalized spacial score (nSPS) is 16.3. The summed E-state index contributed by atoms with van der Waals surface area (Å²) >= 11 is 0. The largest absolute Gasteiger partial charge is 0.341 e. The lowest BCUT2D eigenvalue weighted by Crippen LogP contribution is -2.44. The number of aryl methyl sites for hydroxylation is 2. The third kappa shape index (κ3) is 3.77. The predicted molar refractivity (Wildman–Crippen MR) is 128 cm³/mol. The molecule has 2 aliphatic heterocycles. The topological polar surface area (TPSA) is 97.4 Å². The first-order valence-corrected chi connectivity index (χ1v) is 11.9. The molecule has 178 valence electrons. The lowest BCUT2D eigenvalue weighted by Gasteiger charge is -2.31. The van der Waals surface area contributed by atoms with Crippen LogP contribution in [0.3, 0.4) is 0 Å². The number of nitrogens with zero attached hydrogens (tertiary/aromatic N) is 6. The van der Waals surface area contributed by atoms with Crippen LogP contribution in [0.25, 0.3) is 22.3 Å². The monoisotopic (exact) mass is 470 g/mol. The number of benzene rings is 2. The van der Waals surface area contributed by atoms with E-state index < -0.39 is 0 Å². The highest BCUT2D eigenvalue weighted by Crippen LogP contribution is 2.30. The number of hydrogen-bond donors (Lipinski definition) is 0. The van der Waals surface area contributed by atoms with E-state index in [2.05, 4.69) is 15.2 Å². The molecule has 0 radical (unpaired) electrons. The number of fused-ring (bicyclic) bond motifs is 2. The summed E-state index contributed by atoms with van der Waals surface area (Å²) in [5.41, 5.74) is 4.58. The lowest BCUT2D eigenvalue weighted by atomic mass is 9.96. The number of aromatic nitrogens is 4. The van der Waals surface area contributed by atoms with Gasteiger partial charge in [-0.25, -0.2) is 0 Å². The van der Waals surface area contributed by atoms with Gasteiger partial charge in [-0.05, 0) is 37.5 Å². The number of piperidine rings is 1. The molecule has 2 amide bonds. The molecule has 0 unspecified atom stereocenters. The zero-order valence-electron chi connectivity index (χ0n) is 19.8. The molecule has 2 aromatic heterocycles. The van der Waals surface area contributed by atoms with Crippen LogP contribution in [-0.2, 0) is 18.4 Å². The van der Waals surface area contributed by atoms with Crippen LogP contribution in [0.5, 0.6) is 0 Å². The van der Waals surface area contributed by atoms with Crippen molar-refractivity contribution in [1.82, 2.24) is 29.7 Å². The summed E-state index contributed by atoms with van der Waals surface area (Å²) in [6, 6.07) is 13.6. The highest BCUT2D eigenvalue weighted by Gasteiger charge is 2.32. The third-order valence-electron chi connectivity index (χ3n) is 7.16. The molecule has 9 heteroatoms. The highest BCUT2D eigenvalue weighted by molar-refractivity contribution is 6.00. The second-order valence-electron chi connectivity index (χ2n) is 9.37. The molecule has 0 bridgehead atoms. The van der Waals surface area contributed by atoms with Gasteiger partial charge in [0.2, 0.25) is 17.6 Å². The number of carbonyl (C=O) groups is 2. The minimum atomic E-state index is -0.0679. The quantitative estimate of drug-likeness (QED) is 0.454. The predicted octanol–water partition coefficient (Wildman–Crippen LogP) is 3.29. The maximum atomic E-state index is 12.9. The van der Waals surface area contributed by atoms with E-state index in [1.807, 2.05) is 66.0 Å².